The van der Waals surface area contributed by atoms with Crippen molar-refractivity contribution in [3.63, 3.8) is 0 Å². The number of carbonyl (C=O) groups is 1. The van der Waals surface area contributed by atoms with Crippen LogP contribution in [0.1, 0.15) is 53.4 Å². The molecule has 146 valence electrons. The Labute approximate surface area is 167 Å². The number of aliphatic imine (C=N–C) groups is 1. The minimum Gasteiger partial charge on any atom is -0.465 e. The molecular formula is C24H28N2O2. The summed E-state index contributed by atoms with van der Waals surface area (Å²) in [5.41, 5.74) is 8.26. The predicted octanol–water partition coefficient (Wildman–Crippen LogP) is 5.47. The van der Waals surface area contributed by atoms with Gasteiger partial charge in [-0.1, -0.05) is 12.1 Å². The van der Waals surface area contributed by atoms with Crippen LogP contribution in [-0.2, 0) is 4.74 Å². The Morgan fingerprint density at radius 1 is 1.11 bits per heavy atom. The van der Waals surface area contributed by atoms with E-state index in [0.717, 1.165) is 16.8 Å². The third-order valence-corrected chi connectivity index (χ3v) is 5.58. The van der Waals surface area contributed by atoms with E-state index in [1.54, 1.807) is 12.1 Å². The highest BCUT2D eigenvalue weighted by molar-refractivity contribution is 5.92. The maximum Gasteiger partial charge on any atom is 0.337 e. The first kappa shape index (κ1) is 19.9. The Kier molecular flexibility index (Phi) is 5.16. The maximum absolute atomic E-state index is 11.8. The highest BCUT2D eigenvalue weighted by Crippen LogP contribution is 2.39. The number of hydrogen-bond acceptors (Lipinski definition) is 4. The largest absolute Gasteiger partial charge is 0.465 e. The van der Waals surface area contributed by atoms with Crippen molar-refractivity contribution in [3.8, 4) is 0 Å². The average molecular weight is 377 g/mol. The van der Waals surface area contributed by atoms with E-state index >= 15 is 0 Å². The smallest absolute Gasteiger partial charge is 0.337 e. The van der Waals surface area contributed by atoms with Crippen LogP contribution in [0.4, 0.5) is 11.4 Å². The minimum absolute atomic E-state index is 0.00936. The number of benzene rings is 2. The van der Waals surface area contributed by atoms with Crippen LogP contribution in [0.15, 0.2) is 41.4 Å². The number of hydrogen-bond donors (Lipinski definition) is 0. The van der Waals surface area contributed by atoms with Crippen molar-refractivity contribution in [2.45, 2.75) is 40.2 Å². The molecule has 0 saturated heterocycles. The Hall–Kier alpha value is -2.88. The van der Waals surface area contributed by atoms with Gasteiger partial charge in [0.2, 0.25) is 0 Å². The molecule has 4 heteroatoms. The number of rotatable bonds is 3. The number of ether oxygens (including phenoxy) is 1. The van der Waals surface area contributed by atoms with E-state index in [4.69, 9.17) is 4.74 Å². The van der Waals surface area contributed by atoms with E-state index in [1.807, 2.05) is 19.2 Å². The summed E-state index contributed by atoms with van der Waals surface area (Å²) in [6, 6.07) is 9.85. The average Bonchev–Trinajstić information content (AvgIpc) is 2.65. The number of anilines is 1. The standard InChI is InChI=1S/C24H28N2O2/c1-15-8-9-18(23(27)28-7)12-21(15)25-14-19-11-20-17(3)13-24(4,5)26(6)22(20)10-16(19)2/h8-14H,1-7H3. The van der Waals surface area contributed by atoms with Crippen molar-refractivity contribution in [3.05, 3.63) is 64.2 Å². The zero-order valence-electron chi connectivity index (χ0n) is 17.8. The van der Waals surface area contributed by atoms with Gasteiger partial charge in [0, 0.05) is 24.5 Å². The topological polar surface area (TPSA) is 41.9 Å². The number of fused-ring (bicyclic) bond motifs is 1. The van der Waals surface area contributed by atoms with Gasteiger partial charge < -0.3 is 9.64 Å². The SMILES string of the molecule is COC(=O)c1ccc(C)c(N=Cc2cc3c(cc2C)N(C)C(C)(C)C=C3C)c1. The van der Waals surface area contributed by atoms with Crippen molar-refractivity contribution in [1.82, 2.24) is 0 Å². The van der Waals surface area contributed by atoms with E-state index in [2.05, 4.69) is 62.8 Å². The van der Waals surface area contributed by atoms with Gasteiger partial charge in [-0.15, -0.1) is 0 Å². The quantitative estimate of drug-likeness (QED) is 0.527. The van der Waals surface area contributed by atoms with Gasteiger partial charge in [0.05, 0.1) is 23.9 Å². The number of likely N-dealkylation sites (N-methyl/N-ethyl adjacent to an activating group) is 1. The first-order chi connectivity index (χ1) is 13.1. The summed E-state index contributed by atoms with van der Waals surface area (Å²) in [6.07, 6.45) is 4.18. The molecule has 0 fully saturated rings. The number of allylic oxidation sites excluding steroid dienone is 1. The van der Waals surface area contributed by atoms with Gasteiger partial charge in [0.1, 0.15) is 0 Å². The second kappa shape index (κ2) is 7.27. The first-order valence-corrected chi connectivity index (χ1v) is 9.45. The molecule has 2 aromatic carbocycles. The number of methoxy groups -OCH3 is 1. The third kappa shape index (κ3) is 3.59. The van der Waals surface area contributed by atoms with Crippen molar-refractivity contribution in [1.29, 1.82) is 0 Å². The summed E-state index contributed by atoms with van der Waals surface area (Å²) in [7, 11) is 3.52. The van der Waals surface area contributed by atoms with Crippen LogP contribution in [-0.4, -0.2) is 31.9 Å². The Bertz CT molecular complexity index is 1000. The number of esters is 1. The fraction of sp³-hybridized carbons (Fsp3) is 0.333. The molecule has 1 heterocycles. The van der Waals surface area contributed by atoms with Gasteiger partial charge in [-0.2, -0.15) is 0 Å². The molecule has 2 aromatic rings. The van der Waals surface area contributed by atoms with Gasteiger partial charge in [-0.3, -0.25) is 4.99 Å². The Morgan fingerprint density at radius 3 is 2.50 bits per heavy atom. The van der Waals surface area contributed by atoms with Gasteiger partial charge in [0.25, 0.3) is 0 Å². The molecule has 0 N–H and O–H groups in total. The number of aryl methyl sites for hydroxylation is 2. The fourth-order valence-corrected chi connectivity index (χ4v) is 3.59. The monoisotopic (exact) mass is 376 g/mol. The fourth-order valence-electron chi connectivity index (χ4n) is 3.59. The van der Waals surface area contributed by atoms with E-state index in [0.29, 0.717) is 5.56 Å². The summed E-state index contributed by atoms with van der Waals surface area (Å²) in [5, 5.41) is 0. The van der Waals surface area contributed by atoms with Crippen LogP contribution in [0.3, 0.4) is 0 Å². The van der Waals surface area contributed by atoms with Crippen molar-refractivity contribution < 1.29 is 9.53 Å². The number of carbonyl (C=O) groups excluding carboxylic acids is 1. The summed E-state index contributed by atoms with van der Waals surface area (Å²) in [4.78, 5) is 18.8. The van der Waals surface area contributed by atoms with Gasteiger partial charge >= 0.3 is 5.97 Å². The molecule has 0 aromatic heterocycles. The van der Waals surface area contributed by atoms with Crippen LogP contribution in [0.25, 0.3) is 5.57 Å². The lowest BCUT2D eigenvalue weighted by Gasteiger charge is -2.41. The summed E-state index contributed by atoms with van der Waals surface area (Å²) >= 11 is 0. The van der Waals surface area contributed by atoms with Crippen molar-refractivity contribution in [2.75, 3.05) is 19.1 Å². The second-order valence-electron chi connectivity index (χ2n) is 8.02. The van der Waals surface area contributed by atoms with Crippen molar-refractivity contribution in [2.24, 2.45) is 4.99 Å². The molecule has 1 aliphatic heterocycles. The molecule has 0 unspecified atom stereocenters. The summed E-state index contributed by atoms with van der Waals surface area (Å²) in [6.45, 7) is 10.7. The molecule has 0 saturated carbocycles. The predicted molar refractivity (Wildman–Crippen MR) is 117 cm³/mol. The zero-order chi connectivity index (χ0) is 20.6. The zero-order valence-corrected chi connectivity index (χ0v) is 17.8. The molecule has 28 heavy (non-hydrogen) atoms. The number of nitrogens with zero attached hydrogens (tertiary/aromatic N) is 2. The highest BCUT2D eigenvalue weighted by atomic mass is 16.5. The molecule has 0 bridgehead atoms. The minimum atomic E-state index is -0.354. The second-order valence-corrected chi connectivity index (χ2v) is 8.02. The van der Waals surface area contributed by atoms with Crippen LogP contribution < -0.4 is 4.90 Å². The van der Waals surface area contributed by atoms with Gasteiger partial charge in [-0.25, -0.2) is 4.79 Å². The van der Waals surface area contributed by atoms with Gasteiger partial charge in [0.15, 0.2) is 0 Å². The molecule has 0 aliphatic carbocycles. The summed E-state index contributed by atoms with van der Waals surface area (Å²) < 4.78 is 4.81. The first-order valence-electron chi connectivity index (χ1n) is 9.45. The molecule has 0 atom stereocenters. The Morgan fingerprint density at radius 2 is 1.82 bits per heavy atom. The third-order valence-electron chi connectivity index (χ3n) is 5.58. The van der Waals surface area contributed by atoms with Crippen LogP contribution in [0.2, 0.25) is 0 Å². The highest BCUT2D eigenvalue weighted by Gasteiger charge is 2.28. The lowest BCUT2D eigenvalue weighted by molar-refractivity contribution is 0.0601. The van der Waals surface area contributed by atoms with E-state index in [9.17, 15) is 4.79 Å². The molecule has 1 aliphatic rings. The lowest BCUT2D eigenvalue weighted by atomic mass is 9.87. The van der Waals surface area contributed by atoms with Crippen LogP contribution >= 0.6 is 0 Å². The van der Waals surface area contributed by atoms with E-state index < -0.39 is 0 Å². The maximum atomic E-state index is 11.8. The van der Waals surface area contributed by atoms with Gasteiger partial charge in [-0.05, 0) is 81.1 Å². The summed E-state index contributed by atoms with van der Waals surface area (Å²) in [5.74, 6) is -0.354. The molecule has 4 nitrogen and oxygen atoms in total. The molecule has 0 amide bonds. The molecule has 0 radical (unpaired) electrons. The van der Waals surface area contributed by atoms with E-state index in [1.165, 1.54) is 29.5 Å². The molecular weight excluding hydrogens is 348 g/mol. The van der Waals surface area contributed by atoms with E-state index in [-0.39, 0.29) is 11.5 Å². The van der Waals surface area contributed by atoms with Crippen molar-refractivity contribution >= 4 is 29.1 Å². The lowest BCUT2D eigenvalue weighted by Crippen LogP contribution is -2.42. The van der Waals surface area contributed by atoms with Crippen LogP contribution in [0.5, 0.6) is 0 Å². The molecule has 3 rings (SSSR count). The van der Waals surface area contributed by atoms with Crippen LogP contribution in [0, 0.1) is 13.8 Å². The Balaban J connectivity index is 2.01. The normalized spacial score (nSPS) is 15.4. The molecule has 0 spiro atoms.